The molecule has 0 saturated heterocycles. The van der Waals surface area contributed by atoms with E-state index in [1.807, 2.05) is 45.2 Å². The highest BCUT2D eigenvalue weighted by Crippen LogP contribution is 2.25. The zero-order chi connectivity index (χ0) is 17.3. The van der Waals surface area contributed by atoms with E-state index in [1.54, 1.807) is 10.9 Å². The van der Waals surface area contributed by atoms with Crippen molar-refractivity contribution in [2.24, 2.45) is 7.05 Å². The second-order valence-electron chi connectivity index (χ2n) is 5.55. The Labute approximate surface area is 153 Å². The van der Waals surface area contributed by atoms with Crippen molar-refractivity contribution in [3.63, 3.8) is 0 Å². The second kappa shape index (κ2) is 6.94. The standard InChI is InChI=1S/C17H17BrN4OS/c1-10-6-12(18)4-5-15(10)24-9-16(23)20-13-7-14-11(2)21-22(3)17(14)19-8-13/h4-8H,9H2,1-3H3,(H,20,23). The number of nitrogens with zero attached hydrogens (tertiary/aromatic N) is 3. The molecule has 0 aliphatic rings. The highest BCUT2D eigenvalue weighted by atomic mass is 79.9. The van der Waals surface area contributed by atoms with Gasteiger partial charge in [-0.3, -0.25) is 9.48 Å². The lowest BCUT2D eigenvalue weighted by Crippen LogP contribution is -2.14. The molecule has 7 heteroatoms. The number of anilines is 1. The van der Waals surface area contributed by atoms with Crippen molar-refractivity contribution in [2.75, 3.05) is 11.1 Å². The maximum absolute atomic E-state index is 12.2. The van der Waals surface area contributed by atoms with Gasteiger partial charge >= 0.3 is 0 Å². The number of hydrogen-bond acceptors (Lipinski definition) is 4. The smallest absolute Gasteiger partial charge is 0.234 e. The molecule has 0 radical (unpaired) electrons. The van der Waals surface area contributed by atoms with Gasteiger partial charge in [0.05, 0.1) is 23.3 Å². The van der Waals surface area contributed by atoms with Crippen molar-refractivity contribution in [1.29, 1.82) is 0 Å². The summed E-state index contributed by atoms with van der Waals surface area (Å²) in [5.41, 5.74) is 3.55. The molecule has 1 N–H and O–H groups in total. The molecule has 124 valence electrons. The molecular weight excluding hydrogens is 388 g/mol. The van der Waals surface area contributed by atoms with Gasteiger partial charge in [-0.1, -0.05) is 15.9 Å². The second-order valence-corrected chi connectivity index (χ2v) is 7.48. The fraction of sp³-hybridized carbons (Fsp3) is 0.235. The Morgan fingerprint density at radius 3 is 2.88 bits per heavy atom. The molecule has 3 aromatic rings. The van der Waals surface area contributed by atoms with Crippen LogP contribution in [0, 0.1) is 13.8 Å². The zero-order valence-corrected chi connectivity index (χ0v) is 16.0. The van der Waals surface area contributed by atoms with Crippen LogP contribution in [0.1, 0.15) is 11.3 Å². The van der Waals surface area contributed by atoms with Gasteiger partial charge < -0.3 is 5.32 Å². The first-order valence-electron chi connectivity index (χ1n) is 7.42. The highest BCUT2D eigenvalue weighted by molar-refractivity contribution is 9.10. The third-order valence-electron chi connectivity index (χ3n) is 3.64. The van der Waals surface area contributed by atoms with Gasteiger partial charge in [0.15, 0.2) is 5.65 Å². The Kier molecular flexibility index (Phi) is 4.91. The summed E-state index contributed by atoms with van der Waals surface area (Å²) < 4.78 is 2.78. The van der Waals surface area contributed by atoms with E-state index in [0.29, 0.717) is 11.4 Å². The van der Waals surface area contributed by atoms with Gasteiger partial charge in [-0.25, -0.2) is 4.98 Å². The summed E-state index contributed by atoms with van der Waals surface area (Å²) in [6.07, 6.45) is 1.66. The zero-order valence-electron chi connectivity index (χ0n) is 13.6. The van der Waals surface area contributed by atoms with Gasteiger partial charge in [0, 0.05) is 21.8 Å². The molecule has 0 aliphatic carbocycles. The lowest BCUT2D eigenvalue weighted by molar-refractivity contribution is -0.113. The number of aromatic nitrogens is 3. The summed E-state index contributed by atoms with van der Waals surface area (Å²) >= 11 is 4.97. The van der Waals surface area contributed by atoms with E-state index in [9.17, 15) is 4.79 Å². The summed E-state index contributed by atoms with van der Waals surface area (Å²) in [5.74, 6) is 0.303. The molecule has 0 spiro atoms. The Bertz CT molecular complexity index is 922. The fourth-order valence-electron chi connectivity index (χ4n) is 2.49. The molecule has 0 bridgehead atoms. The predicted molar refractivity (Wildman–Crippen MR) is 101 cm³/mol. The van der Waals surface area contributed by atoms with Crippen molar-refractivity contribution in [3.8, 4) is 0 Å². The fourth-order valence-corrected chi connectivity index (χ4v) is 3.78. The van der Waals surface area contributed by atoms with E-state index in [0.717, 1.165) is 31.7 Å². The van der Waals surface area contributed by atoms with Crippen LogP contribution in [0.5, 0.6) is 0 Å². The SMILES string of the molecule is Cc1cc(Br)ccc1SCC(=O)Nc1cnc2c(c1)c(C)nn2C. The molecule has 2 aromatic heterocycles. The topological polar surface area (TPSA) is 59.8 Å². The first-order valence-corrected chi connectivity index (χ1v) is 9.20. The number of carbonyl (C=O) groups excluding carboxylic acids is 1. The average Bonchev–Trinajstić information content (AvgIpc) is 2.81. The van der Waals surface area contributed by atoms with Gasteiger partial charge in [0.25, 0.3) is 0 Å². The number of nitrogens with one attached hydrogen (secondary N) is 1. The first-order chi connectivity index (χ1) is 11.4. The summed E-state index contributed by atoms with van der Waals surface area (Å²) in [4.78, 5) is 17.7. The molecule has 0 fully saturated rings. The number of fused-ring (bicyclic) bond motifs is 1. The van der Waals surface area contributed by atoms with Crippen molar-refractivity contribution in [3.05, 3.63) is 46.2 Å². The molecule has 0 saturated carbocycles. The molecule has 5 nitrogen and oxygen atoms in total. The van der Waals surface area contributed by atoms with Crippen LogP contribution in [0.3, 0.4) is 0 Å². The molecule has 3 rings (SSSR count). The van der Waals surface area contributed by atoms with E-state index in [-0.39, 0.29) is 5.91 Å². The van der Waals surface area contributed by atoms with Crippen LogP contribution < -0.4 is 5.32 Å². The molecule has 1 aromatic carbocycles. The summed E-state index contributed by atoms with van der Waals surface area (Å²) in [6, 6.07) is 7.96. The lowest BCUT2D eigenvalue weighted by atomic mass is 10.2. The number of thioether (sulfide) groups is 1. The molecule has 0 atom stereocenters. The number of hydrogen-bond donors (Lipinski definition) is 1. The van der Waals surface area contributed by atoms with Crippen molar-refractivity contribution in [1.82, 2.24) is 14.8 Å². The van der Waals surface area contributed by atoms with E-state index >= 15 is 0 Å². The van der Waals surface area contributed by atoms with Crippen molar-refractivity contribution < 1.29 is 4.79 Å². The minimum absolute atomic E-state index is 0.0509. The number of pyridine rings is 1. The number of benzene rings is 1. The number of aryl methyl sites for hydroxylation is 3. The summed E-state index contributed by atoms with van der Waals surface area (Å²) in [7, 11) is 1.86. The van der Waals surface area contributed by atoms with Gasteiger partial charge in [-0.15, -0.1) is 11.8 Å². The Morgan fingerprint density at radius 2 is 2.12 bits per heavy atom. The first kappa shape index (κ1) is 17.0. The normalized spacial score (nSPS) is 11.0. The van der Waals surface area contributed by atoms with E-state index < -0.39 is 0 Å². The Balaban J connectivity index is 1.67. The van der Waals surface area contributed by atoms with Crippen LogP contribution in [-0.4, -0.2) is 26.4 Å². The van der Waals surface area contributed by atoms with E-state index in [1.165, 1.54) is 11.8 Å². The van der Waals surface area contributed by atoms with Gasteiger partial charge in [0.1, 0.15) is 0 Å². The Morgan fingerprint density at radius 1 is 1.33 bits per heavy atom. The van der Waals surface area contributed by atoms with Crippen LogP contribution in [0.25, 0.3) is 11.0 Å². The molecule has 1 amide bonds. The maximum atomic E-state index is 12.2. The minimum Gasteiger partial charge on any atom is -0.324 e. The highest BCUT2D eigenvalue weighted by Gasteiger charge is 2.10. The van der Waals surface area contributed by atoms with E-state index in [2.05, 4.69) is 31.3 Å². The Hall–Kier alpha value is -1.86. The van der Waals surface area contributed by atoms with Gasteiger partial charge in [-0.05, 0) is 43.7 Å². The lowest BCUT2D eigenvalue weighted by Gasteiger charge is -2.07. The minimum atomic E-state index is -0.0509. The number of amides is 1. The quantitative estimate of drug-likeness (QED) is 0.665. The molecule has 2 heterocycles. The number of rotatable bonds is 4. The monoisotopic (exact) mass is 404 g/mol. The van der Waals surface area contributed by atoms with Crippen LogP contribution in [0.2, 0.25) is 0 Å². The molecule has 0 aliphatic heterocycles. The van der Waals surface area contributed by atoms with Crippen LogP contribution in [0.15, 0.2) is 39.8 Å². The summed E-state index contributed by atoms with van der Waals surface area (Å²) in [5, 5.41) is 8.19. The third-order valence-corrected chi connectivity index (χ3v) is 5.31. The van der Waals surface area contributed by atoms with Crippen molar-refractivity contribution in [2.45, 2.75) is 18.7 Å². The van der Waals surface area contributed by atoms with Crippen LogP contribution >= 0.6 is 27.7 Å². The van der Waals surface area contributed by atoms with Crippen molar-refractivity contribution >= 4 is 50.3 Å². The van der Waals surface area contributed by atoms with Crippen LogP contribution in [0.4, 0.5) is 5.69 Å². The molecular formula is C17H17BrN4OS. The molecule has 0 unspecified atom stereocenters. The van der Waals surface area contributed by atoms with Gasteiger partial charge in [0.2, 0.25) is 5.91 Å². The maximum Gasteiger partial charge on any atom is 0.234 e. The summed E-state index contributed by atoms with van der Waals surface area (Å²) in [6.45, 7) is 3.97. The molecule has 24 heavy (non-hydrogen) atoms. The number of halogens is 1. The number of carbonyl (C=O) groups is 1. The van der Waals surface area contributed by atoms with Gasteiger partial charge in [-0.2, -0.15) is 5.10 Å². The van der Waals surface area contributed by atoms with E-state index in [4.69, 9.17) is 0 Å². The van der Waals surface area contributed by atoms with Crippen LogP contribution in [-0.2, 0) is 11.8 Å². The average molecular weight is 405 g/mol. The predicted octanol–water partition coefficient (Wildman–Crippen LogP) is 4.08. The largest absolute Gasteiger partial charge is 0.324 e. The third kappa shape index (κ3) is 3.62.